The van der Waals surface area contributed by atoms with Crippen molar-refractivity contribution in [2.75, 3.05) is 99.6 Å². The summed E-state index contributed by atoms with van der Waals surface area (Å²) in [5, 5.41) is 68.1. The molecular formula is C81H99Cl6N9O9S. The quantitative estimate of drug-likeness (QED) is 0.0373. The van der Waals surface area contributed by atoms with Crippen molar-refractivity contribution in [2.24, 2.45) is 0 Å². The average molecular weight is 1590 g/mol. The summed E-state index contributed by atoms with van der Waals surface area (Å²) in [5.74, 6) is 0. The molecule has 3 aromatic heterocycles. The highest BCUT2D eigenvalue weighted by atomic mass is 35.5. The zero-order valence-corrected chi connectivity index (χ0v) is 64.7. The van der Waals surface area contributed by atoms with E-state index in [0.717, 1.165) is 143 Å². The van der Waals surface area contributed by atoms with Gasteiger partial charge >= 0.3 is 0 Å². The Morgan fingerprint density at radius 2 is 0.774 bits per heavy atom. The van der Waals surface area contributed by atoms with Crippen LogP contribution in [-0.2, 0) is 50.9 Å². The number of β-amino-alcohol motifs (C(OH)–C–C–N with tert-alkyl or cyclic N) is 2. The van der Waals surface area contributed by atoms with Crippen LogP contribution in [0.2, 0.25) is 30.1 Å². The molecule has 25 heteroatoms. The van der Waals surface area contributed by atoms with Gasteiger partial charge in [0.15, 0.2) is 0 Å². The number of piperazine rings is 3. The number of nitrogens with one attached hydrogen (secondary N) is 1. The molecule has 3 saturated heterocycles. The molecule has 12 rings (SSSR count). The second-order valence-corrected chi connectivity index (χ2v) is 31.3. The van der Waals surface area contributed by atoms with Crippen molar-refractivity contribution in [3.05, 3.63) is 280 Å². The summed E-state index contributed by atoms with van der Waals surface area (Å²) >= 11 is 38.0. The Hall–Kier alpha value is -6.54. The van der Waals surface area contributed by atoms with Crippen LogP contribution in [0.25, 0.3) is 0 Å². The van der Waals surface area contributed by atoms with Gasteiger partial charge < -0.3 is 50.7 Å². The van der Waals surface area contributed by atoms with Gasteiger partial charge in [0.2, 0.25) is 0 Å². The van der Waals surface area contributed by atoms with Gasteiger partial charge in [-0.3, -0.25) is 28.9 Å². The monoisotopic (exact) mass is 1580 g/mol. The van der Waals surface area contributed by atoms with Gasteiger partial charge in [0.25, 0.3) is 10.1 Å². The number of aliphatic hydroxyl groups excluding tert-OH is 3. The van der Waals surface area contributed by atoms with Crippen LogP contribution < -0.4 is 20.0 Å². The van der Waals surface area contributed by atoms with E-state index in [9.17, 15) is 39.1 Å². The molecule has 6 aromatic carbocycles. The van der Waals surface area contributed by atoms with E-state index in [1.165, 1.54) is 18.7 Å². The summed E-state index contributed by atoms with van der Waals surface area (Å²) in [6.07, 6.45) is 5.95. The molecule has 0 bridgehead atoms. The third-order valence-electron chi connectivity index (χ3n) is 18.7. The number of aromatic nitrogens is 3. The zero-order valence-electron chi connectivity index (χ0n) is 59.3. The first-order valence-electron chi connectivity index (χ1n) is 34.1. The van der Waals surface area contributed by atoms with E-state index in [4.69, 9.17) is 69.6 Å². The lowest BCUT2D eigenvalue weighted by Gasteiger charge is -2.45. The van der Waals surface area contributed by atoms with Crippen molar-refractivity contribution < 1.29 is 43.2 Å². The number of hydrogen-bond donors (Lipinski definition) is 7. The molecule has 18 nitrogen and oxygen atoms in total. The molecule has 106 heavy (non-hydrogen) atoms. The minimum absolute atomic E-state index is 0. The van der Waals surface area contributed by atoms with Crippen LogP contribution in [0.5, 0.6) is 0 Å². The molecule has 3 aliphatic heterocycles. The minimum atomic E-state index is -3.55. The summed E-state index contributed by atoms with van der Waals surface area (Å²) in [6, 6.07) is 52.3. The van der Waals surface area contributed by atoms with Gasteiger partial charge in [0, 0.05) is 139 Å². The fourth-order valence-electron chi connectivity index (χ4n) is 12.8. The lowest BCUT2D eigenvalue weighted by atomic mass is 9.94. The van der Waals surface area contributed by atoms with E-state index in [2.05, 4.69) is 61.1 Å². The number of nitrogens with zero attached hydrogens (tertiary/aromatic N) is 8. The first-order valence-corrected chi connectivity index (χ1v) is 38.2. The summed E-state index contributed by atoms with van der Waals surface area (Å²) in [4.78, 5) is 24.2. The third-order valence-corrected chi connectivity index (χ3v) is 20.9. The Morgan fingerprint density at radius 3 is 1.08 bits per heavy atom. The van der Waals surface area contributed by atoms with E-state index in [-0.39, 0.29) is 59.4 Å². The first kappa shape index (κ1) is 86.7. The molecule has 9 aromatic rings. The van der Waals surface area contributed by atoms with E-state index in [1.54, 1.807) is 24.5 Å². The zero-order chi connectivity index (χ0) is 75.1. The molecule has 1 unspecified atom stereocenters. The molecule has 0 saturated carbocycles. The van der Waals surface area contributed by atoms with Crippen molar-refractivity contribution in [2.45, 2.75) is 111 Å². The second-order valence-electron chi connectivity index (χ2n) is 27.1. The maximum absolute atomic E-state index is 11.2. The lowest BCUT2D eigenvalue weighted by molar-refractivity contribution is 0.00966. The third kappa shape index (κ3) is 24.0. The van der Waals surface area contributed by atoms with E-state index in [0.29, 0.717) is 43.8 Å². The van der Waals surface area contributed by atoms with Crippen LogP contribution in [0.15, 0.2) is 182 Å². The SMILES string of the molecule is C.C.Cc1ccc([C@](C)(O)CN2CCN(c3ccc(CO)cc3Cl)[C@@H](c3ccc(Cl)cc3)C2)cn1.Cc1ccc([C@](C)(O)CN2CCN(c3ccc(CO)cc3Cl)[C@H](c3ccc(Cl)cc3)C2)cn1.Cc1ccc([C@](C)(O)COS(C)(=O)=O)cn1.OCc1ccc(N2CCNCC2c2ccc(Cl)cc2)c(Cl)c1. The summed E-state index contributed by atoms with van der Waals surface area (Å²) in [5.41, 5.74) is 10.1. The smallest absolute Gasteiger partial charge is 0.264 e. The van der Waals surface area contributed by atoms with Crippen LogP contribution in [0.1, 0.15) is 121 Å². The summed E-state index contributed by atoms with van der Waals surface area (Å²) in [7, 11) is -3.55. The number of anilines is 3. The second kappa shape index (κ2) is 39.2. The van der Waals surface area contributed by atoms with Crippen LogP contribution in [0.3, 0.4) is 0 Å². The van der Waals surface area contributed by atoms with Gasteiger partial charge in [-0.15, -0.1) is 0 Å². The van der Waals surface area contributed by atoms with Crippen LogP contribution in [0.4, 0.5) is 17.1 Å². The predicted octanol–water partition coefficient (Wildman–Crippen LogP) is 15.4. The standard InChI is InChI=1S/2C26H29Cl2N3O2.C17H18Cl2N2O.C10H15NO4S.2CH4/c2*1-18-3-7-21(14-29-18)26(2,33)17-30-11-12-31(24-10-4-19(16-32)13-23(24)28)25(15-30)20-5-8-22(27)9-6-20;18-14-4-2-13(3-5-14)17-10-20-7-8-21(17)16-6-1-12(11-22)9-15(16)19;1-8-4-5-9(6-11-8)10(2,12)7-15-16(3,13)14;;/h2*3-10,13-14,25,32-33H,11-12,15-17H2,1-2H3;1-6,9,17,20,22H,7-8,10-11H2;4-6,12H,7H2,1-3H3;2*1H4/t25-,26+;25-,26-;;10-;;/m01.1../s1. The fraction of sp³-hybridized carbons (Fsp3) is 0.370. The van der Waals surface area contributed by atoms with E-state index in [1.807, 2.05) is 174 Å². The van der Waals surface area contributed by atoms with Gasteiger partial charge in [0.05, 0.1) is 82.9 Å². The van der Waals surface area contributed by atoms with Gasteiger partial charge in [-0.05, 0) is 166 Å². The summed E-state index contributed by atoms with van der Waals surface area (Å²) < 4.78 is 26.2. The first-order chi connectivity index (χ1) is 49.4. The number of hydrogen-bond acceptors (Lipinski definition) is 18. The molecule has 6 atom stereocenters. The Bertz CT molecular complexity index is 4190. The fourth-order valence-corrected chi connectivity index (χ4v) is 14.6. The highest BCUT2D eigenvalue weighted by Gasteiger charge is 2.37. The molecule has 7 N–H and O–H groups in total. The average Bonchev–Trinajstić information content (AvgIpc) is 0.795. The van der Waals surface area contributed by atoms with E-state index >= 15 is 0 Å². The molecular weight excluding hydrogens is 1490 g/mol. The molecule has 0 radical (unpaired) electrons. The van der Waals surface area contributed by atoms with Gasteiger partial charge in [-0.25, -0.2) is 0 Å². The van der Waals surface area contributed by atoms with Crippen LogP contribution in [-0.4, -0.2) is 149 Å². The molecule has 6 heterocycles. The number of halogens is 6. The number of aliphatic hydroxyl groups is 6. The number of rotatable bonds is 19. The highest BCUT2D eigenvalue weighted by Crippen LogP contribution is 2.41. The summed E-state index contributed by atoms with van der Waals surface area (Å²) in [6.45, 7) is 18.6. The van der Waals surface area contributed by atoms with Gasteiger partial charge in [-0.1, -0.05) is 157 Å². The van der Waals surface area contributed by atoms with Crippen molar-refractivity contribution in [3.8, 4) is 0 Å². The number of aryl methyl sites for hydroxylation is 3. The molecule has 0 aliphatic carbocycles. The van der Waals surface area contributed by atoms with Crippen LogP contribution in [0, 0.1) is 20.8 Å². The Balaban J connectivity index is 0.000000203. The Morgan fingerprint density at radius 1 is 0.453 bits per heavy atom. The normalized spacial score (nSPS) is 18.0. The molecule has 3 fully saturated rings. The van der Waals surface area contributed by atoms with Crippen LogP contribution >= 0.6 is 69.6 Å². The van der Waals surface area contributed by atoms with Crippen molar-refractivity contribution in [1.82, 2.24) is 30.1 Å². The van der Waals surface area contributed by atoms with Crippen molar-refractivity contribution in [1.29, 1.82) is 0 Å². The predicted molar refractivity (Wildman–Crippen MR) is 432 cm³/mol. The Labute approximate surface area is 655 Å². The Kier molecular flexibility index (Phi) is 32.1. The maximum atomic E-state index is 11.2. The molecule has 570 valence electrons. The number of benzene rings is 6. The van der Waals surface area contributed by atoms with Crippen molar-refractivity contribution >= 4 is 96.8 Å². The van der Waals surface area contributed by atoms with Gasteiger partial charge in [-0.2, -0.15) is 8.42 Å². The van der Waals surface area contributed by atoms with Gasteiger partial charge in [0.1, 0.15) is 16.8 Å². The maximum Gasteiger partial charge on any atom is 0.264 e. The topological polar surface area (TPSA) is 232 Å². The number of pyridine rings is 3. The van der Waals surface area contributed by atoms with E-state index < -0.39 is 26.9 Å². The molecule has 0 amide bonds. The van der Waals surface area contributed by atoms with Crippen molar-refractivity contribution in [3.63, 3.8) is 0 Å². The highest BCUT2D eigenvalue weighted by molar-refractivity contribution is 7.86. The molecule has 0 spiro atoms. The lowest BCUT2D eigenvalue weighted by Crippen LogP contribution is -2.52. The molecule has 3 aliphatic rings. The minimum Gasteiger partial charge on any atom is -0.392 e. The largest absolute Gasteiger partial charge is 0.392 e.